The van der Waals surface area contributed by atoms with Crippen LogP contribution in [0.15, 0.2) is 96.2 Å². The molecule has 1 aliphatic heterocycles. The van der Waals surface area contributed by atoms with Crippen molar-refractivity contribution in [3.63, 3.8) is 0 Å². The van der Waals surface area contributed by atoms with E-state index >= 15 is 0 Å². The first-order valence-corrected chi connectivity index (χ1v) is 17.1. The van der Waals surface area contributed by atoms with Gasteiger partial charge in [0.2, 0.25) is 0 Å². The molecule has 1 aliphatic rings. The van der Waals surface area contributed by atoms with Crippen molar-refractivity contribution >= 4 is 44.7 Å². The van der Waals surface area contributed by atoms with Gasteiger partial charge in [0.05, 0.1) is 45.6 Å². The first-order valence-electron chi connectivity index (χ1n) is 15.9. The van der Waals surface area contributed by atoms with Gasteiger partial charge in [-0.15, -0.1) is 11.3 Å². The van der Waals surface area contributed by atoms with Crippen molar-refractivity contribution in [2.24, 2.45) is 0 Å². The molecule has 5 heterocycles. The van der Waals surface area contributed by atoms with Gasteiger partial charge in [0, 0.05) is 55.7 Å². The third-order valence-electron chi connectivity index (χ3n) is 8.06. The number of halogens is 2. The second kappa shape index (κ2) is 14.8. The van der Waals surface area contributed by atoms with Crippen molar-refractivity contribution < 1.29 is 23.4 Å². The van der Waals surface area contributed by atoms with Crippen LogP contribution >= 0.6 is 22.9 Å². The van der Waals surface area contributed by atoms with E-state index in [2.05, 4.69) is 21.3 Å². The minimum absolute atomic E-state index is 0.121. The molecule has 1 fully saturated rings. The third kappa shape index (κ3) is 7.24. The number of carbonyl (C=O) groups excluding carboxylic acids is 1. The Bertz CT molecular complexity index is 2220. The number of rotatable bonds is 10. The van der Waals surface area contributed by atoms with Crippen molar-refractivity contribution in [1.29, 1.82) is 0 Å². The number of morpholine rings is 1. The van der Waals surface area contributed by atoms with Crippen LogP contribution < -0.4 is 20.3 Å². The van der Waals surface area contributed by atoms with Crippen LogP contribution in [0.25, 0.3) is 26.5 Å². The third-order valence-corrected chi connectivity index (χ3v) is 9.51. The maximum Gasteiger partial charge on any atom is 0.271 e. The maximum atomic E-state index is 13.5. The van der Waals surface area contributed by atoms with Crippen molar-refractivity contribution in [3.05, 3.63) is 124 Å². The van der Waals surface area contributed by atoms with E-state index in [1.165, 1.54) is 58.5 Å². The first-order chi connectivity index (χ1) is 24.4. The van der Waals surface area contributed by atoms with Crippen LogP contribution in [0.2, 0.25) is 5.02 Å². The molecule has 0 saturated carbocycles. The molecule has 0 bridgehead atoms. The van der Waals surface area contributed by atoms with E-state index in [0.717, 1.165) is 59.2 Å². The fourth-order valence-electron chi connectivity index (χ4n) is 5.58. The monoisotopic (exact) mass is 711 g/mol. The predicted molar refractivity (Wildman–Crippen MR) is 192 cm³/mol. The molecule has 10 nitrogen and oxygen atoms in total. The van der Waals surface area contributed by atoms with Crippen LogP contribution in [0.4, 0.5) is 10.1 Å². The van der Waals surface area contributed by atoms with Gasteiger partial charge >= 0.3 is 0 Å². The normalized spacial score (nSPS) is 13.3. The lowest BCUT2D eigenvalue weighted by molar-refractivity contribution is 0.0341. The molecule has 0 spiro atoms. The summed E-state index contributed by atoms with van der Waals surface area (Å²) in [5.74, 6) is -0.0753. The van der Waals surface area contributed by atoms with Crippen LogP contribution in [-0.2, 0) is 11.3 Å². The molecular weight excluding hydrogens is 681 g/mol. The average Bonchev–Trinajstić information content (AvgIpc) is 3.56. The number of thiophene rings is 1. The zero-order valence-electron chi connectivity index (χ0n) is 26.9. The number of aromatic nitrogens is 3. The van der Waals surface area contributed by atoms with Gasteiger partial charge in [0.15, 0.2) is 0 Å². The average molecular weight is 712 g/mol. The molecular formula is C37H31ClFN5O5S. The van der Waals surface area contributed by atoms with Crippen molar-refractivity contribution in [2.45, 2.75) is 13.5 Å². The van der Waals surface area contributed by atoms with Crippen LogP contribution in [0.5, 0.6) is 17.2 Å². The van der Waals surface area contributed by atoms with Gasteiger partial charge in [-0.25, -0.2) is 4.39 Å². The summed E-state index contributed by atoms with van der Waals surface area (Å²) in [7, 11) is 0. The number of carbonyl (C=O) groups is 1. The molecule has 13 heteroatoms. The highest BCUT2D eigenvalue weighted by Crippen LogP contribution is 2.40. The Hall–Kier alpha value is -5.14. The minimum atomic E-state index is -0.690. The summed E-state index contributed by atoms with van der Waals surface area (Å²) in [4.78, 5) is 39.5. The van der Waals surface area contributed by atoms with Gasteiger partial charge < -0.3 is 19.5 Å². The lowest BCUT2D eigenvalue weighted by atomic mass is 10.2. The highest BCUT2D eigenvalue weighted by molar-refractivity contribution is 7.22. The Morgan fingerprint density at radius 2 is 1.82 bits per heavy atom. The first kappa shape index (κ1) is 33.4. The Kier molecular flexibility index (Phi) is 9.85. The zero-order valence-corrected chi connectivity index (χ0v) is 28.5. The molecule has 6 aromatic rings. The number of hydrogen-bond acceptors (Lipinski definition) is 9. The van der Waals surface area contributed by atoms with Gasteiger partial charge in [-0.2, -0.15) is 0 Å². The lowest BCUT2D eigenvalue weighted by Crippen LogP contribution is -2.35. The van der Waals surface area contributed by atoms with Crippen LogP contribution in [0.1, 0.15) is 22.8 Å². The molecule has 1 N–H and O–H groups in total. The number of anilines is 1. The van der Waals surface area contributed by atoms with E-state index in [0.29, 0.717) is 22.9 Å². The number of nitrogens with one attached hydrogen (secondary N) is 1. The molecule has 0 aliphatic carbocycles. The summed E-state index contributed by atoms with van der Waals surface area (Å²) in [6.45, 7) is 6.17. The van der Waals surface area contributed by atoms with E-state index in [1.54, 1.807) is 31.3 Å². The molecule has 0 unspecified atom stereocenters. The minimum Gasteiger partial charge on any atom is -0.493 e. The molecule has 50 heavy (non-hydrogen) atoms. The van der Waals surface area contributed by atoms with E-state index in [4.69, 9.17) is 30.8 Å². The SMILES string of the molecule is CCOc1ccn(-c2ccc(F)cc2)c(=O)c1C(=O)Nc1ccc(Oc2ccnc3cc(-c4ccc(CN5CCOCC5)cn4)sc23)c(Cl)c1. The van der Waals surface area contributed by atoms with Gasteiger partial charge in [0.1, 0.15) is 28.6 Å². The largest absolute Gasteiger partial charge is 0.493 e. The molecule has 7 rings (SSSR count). The number of hydrogen-bond donors (Lipinski definition) is 1. The topological polar surface area (TPSA) is 108 Å². The molecule has 0 radical (unpaired) electrons. The van der Waals surface area contributed by atoms with Crippen molar-refractivity contribution in [1.82, 2.24) is 19.4 Å². The van der Waals surface area contributed by atoms with Gasteiger partial charge in [0.25, 0.3) is 11.5 Å². The van der Waals surface area contributed by atoms with Crippen molar-refractivity contribution in [3.8, 4) is 33.5 Å². The van der Waals surface area contributed by atoms with Crippen LogP contribution in [0.3, 0.4) is 0 Å². The Morgan fingerprint density at radius 1 is 1.00 bits per heavy atom. The summed E-state index contributed by atoms with van der Waals surface area (Å²) in [5.41, 5.74) is 2.67. The second-order valence-corrected chi connectivity index (χ2v) is 12.9. The number of fused-ring (bicyclic) bond motifs is 1. The molecule has 1 saturated heterocycles. The summed E-state index contributed by atoms with van der Waals surface area (Å²) in [5, 5.41) is 2.98. The number of nitrogens with zero attached hydrogens (tertiary/aromatic N) is 4. The Balaban J connectivity index is 1.08. The molecule has 2 aromatic carbocycles. The highest BCUT2D eigenvalue weighted by Gasteiger charge is 2.21. The standard InChI is InChI=1S/C37H31ClFN5O5S/c1-2-48-31-12-14-44(26-7-4-24(39)5-8-26)37(46)34(31)36(45)42-25-6-10-30(27(38)19-25)49-32-11-13-40-29-20-33(50-35(29)32)28-9-3-23(21-41-28)22-43-15-17-47-18-16-43/h3-14,19-21H,2,15-18,22H2,1H3,(H,42,45). The van der Waals surface area contributed by atoms with E-state index in [1.807, 2.05) is 18.3 Å². The van der Waals surface area contributed by atoms with Gasteiger partial charge in [-0.3, -0.25) is 29.0 Å². The van der Waals surface area contributed by atoms with Gasteiger partial charge in [-0.05, 0) is 73.2 Å². The van der Waals surface area contributed by atoms with Crippen molar-refractivity contribution in [2.75, 3.05) is 38.2 Å². The lowest BCUT2D eigenvalue weighted by Gasteiger charge is -2.26. The Morgan fingerprint density at radius 3 is 2.56 bits per heavy atom. The predicted octanol–water partition coefficient (Wildman–Crippen LogP) is 7.58. The van der Waals surface area contributed by atoms with E-state index in [9.17, 15) is 14.0 Å². The summed E-state index contributed by atoms with van der Waals surface area (Å²) < 4.78 is 32.9. The number of ether oxygens (including phenoxy) is 3. The van der Waals surface area contributed by atoms with Crippen LogP contribution in [0, 0.1) is 5.82 Å². The maximum absolute atomic E-state index is 13.5. The summed E-state index contributed by atoms with van der Waals surface area (Å²) in [6.07, 6.45) is 5.06. The molecule has 254 valence electrons. The van der Waals surface area contributed by atoms with E-state index in [-0.39, 0.29) is 22.9 Å². The number of amides is 1. The fourth-order valence-corrected chi connectivity index (χ4v) is 6.85. The Labute approximate surface area is 295 Å². The number of benzene rings is 2. The smallest absolute Gasteiger partial charge is 0.271 e. The highest BCUT2D eigenvalue weighted by atomic mass is 35.5. The summed E-state index contributed by atoms with van der Waals surface area (Å²) in [6, 6.07) is 19.6. The van der Waals surface area contributed by atoms with Gasteiger partial charge in [-0.1, -0.05) is 17.7 Å². The fraction of sp³-hybridized carbons (Fsp3) is 0.189. The molecule has 4 aromatic heterocycles. The zero-order chi connectivity index (χ0) is 34.6. The summed E-state index contributed by atoms with van der Waals surface area (Å²) >= 11 is 8.17. The molecule has 0 atom stereocenters. The van der Waals surface area contributed by atoms with Crippen LogP contribution in [-0.4, -0.2) is 58.3 Å². The molecule has 1 amide bonds. The second-order valence-electron chi connectivity index (χ2n) is 11.4. The van der Waals surface area contributed by atoms with E-state index < -0.39 is 17.3 Å². The quantitative estimate of drug-likeness (QED) is 0.155. The number of pyridine rings is 3.